The molecule has 2 aliphatic rings. The molecule has 0 aliphatic carbocycles. The lowest BCUT2D eigenvalue weighted by Crippen LogP contribution is -2.39. The Morgan fingerprint density at radius 2 is 2.27 bits per heavy atom. The van der Waals surface area contributed by atoms with Gasteiger partial charge in [0.15, 0.2) is 0 Å². The molecule has 2 fully saturated rings. The first-order valence-corrected chi connectivity index (χ1v) is 4.25. The average molecular weight is 153 g/mol. The van der Waals surface area contributed by atoms with Crippen molar-refractivity contribution < 1.29 is 5.11 Å². The summed E-state index contributed by atoms with van der Waals surface area (Å²) in [4.78, 5) is 2.30. The molecule has 2 heterocycles. The number of fused-ring (bicyclic) bond motifs is 2. The van der Waals surface area contributed by atoms with Gasteiger partial charge in [-0.15, -0.1) is 0 Å². The van der Waals surface area contributed by atoms with Crippen molar-refractivity contribution in [2.24, 2.45) is 0 Å². The summed E-state index contributed by atoms with van der Waals surface area (Å²) in [7, 11) is 2.11. The zero-order chi connectivity index (χ0) is 8.01. The first-order valence-electron chi connectivity index (χ1n) is 4.25. The molecule has 0 aromatic heterocycles. The quantitative estimate of drug-likeness (QED) is 0.520. The van der Waals surface area contributed by atoms with Crippen molar-refractivity contribution in [3.05, 3.63) is 12.2 Å². The molecule has 0 radical (unpaired) electrons. The minimum absolute atomic E-state index is 0.107. The highest BCUT2D eigenvalue weighted by atomic mass is 16.3. The summed E-state index contributed by atoms with van der Waals surface area (Å²) in [6, 6.07) is 0.928. The maximum atomic E-state index is 9.60. The van der Waals surface area contributed by atoms with Crippen LogP contribution in [-0.2, 0) is 0 Å². The van der Waals surface area contributed by atoms with Crippen molar-refractivity contribution in [1.29, 1.82) is 0 Å². The molecule has 2 heteroatoms. The molecular weight excluding hydrogens is 138 g/mol. The number of aliphatic hydroxyl groups is 1. The average Bonchev–Trinajstić information content (AvgIpc) is 2.17. The Labute approximate surface area is 67.5 Å². The van der Waals surface area contributed by atoms with Gasteiger partial charge in [-0.05, 0) is 26.3 Å². The summed E-state index contributed by atoms with van der Waals surface area (Å²) < 4.78 is 0. The lowest BCUT2D eigenvalue weighted by atomic mass is 9.99. The van der Waals surface area contributed by atoms with E-state index in [4.69, 9.17) is 0 Å². The molecule has 0 aromatic carbocycles. The summed E-state index contributed by atoms with van der Waals surface area (Å²) in [5.41, 5.74) is 1.31. The molecule has 2 aliphatic heterocycles. The second kappa shape index (κ2) is 2.32. The zero-order valence-corrected chi connectivity index (χ0v) is 6.95. The number of aliphatic hydroxyl groups excluding tert-OH is 1. The van der Waals surface area contributed by atoms with Crippen LogP contribution in [0.25, 0.3) is 0 Å². The SMILES string of the molecule is C=C1CC2CC(O)C(C1)N2C. The van der Waals surface area contributed by atoms with E-state index in [1.165, 1.54) is 5.57 Å². The second-order valence-electron chi connectivity index (χ2n) is 3.85. The minimum Gasteiger partial charge on any atom is -0.391 e. The van der Waals surface area contributed by atoms with E-state index in [1.54, 1.807) is 0 Å². The third kappa shape index (κ3) is 1.01. The van der Waals surface area contributed by atoms with Gasteiger partial charge < -0.3 is 5.11 Å². The van der Waals surface area contributed by atoms with Crippen LogP contribution in [0, 0.1) is 0 Å². The Hall–Kier alpha value is -0.340. The molecule has 3 unspecified atom stereocenters. The van der Waals surface area contributed by atoms with Crippen LogP contribution in [0.4, 0.5) is 0 Å². The predicted molar refractivity (Wildman–Crippen MR) is 44.3 cm³/mol. The zero-order valence-electron chi connectivity index (χ0n) is 6.95. The predicted octanol–water partition coefficient (Wildman–Crippen LogP) is 0.770. The molecule has 0 aromatic rings. The van der Waals surface area contributed by atoms with E-state index in [9.17, 15) is 5.11 Å². The molecule has 3 atom stereocenters. The van der Waals surface area contributed by atoms with Gasteiger partial charge >= 0.3 is 0 Å². The molecule has 0 saturated carbocycles. The lowest BCUT2D eigenvalue weighted by Gasteiger charge is -2.32. The smallest absolute Gasteiger partial charge is 0.0713 e. The molecule has 62 valence electrons. The van der Waals surface area contributed by atoms with Gasteiger partial charge in [-0.1, -0.05) is 12.2 Å². The lowest BCUT2D eigenvalue weighted by molar-refractivity contribution is 0.116. The Bertz CT molecular complexity index is 190. The van der Waals surface area contributed by atoms with Crippen LogP contribution in [0.1, 0.15) is 19.3 Å². The molecule has 2 rings (SSSR count). The molecule has 0 amide bonds. The van der Waals surface area contributed by atoms with E-state index in [0.717, 1.165) is 19.3 Å². The second-order valence-corrected chi connectivity index (χ2v) is 3.85. The van der Waals surface area contributed by atoms with E-state index < -0.39 is 0 Å². The molecule has 0 spiro atoms. The number of nitrogens with zero attached hydrogens (tertiary/aromatic N) is 1. The van der Waals surface area contributed by atoms with E-state index in [0.29, 0.717) is 12.1 Å². The largest absolute Gasteiger partial charge is 0.391 e. The third-order valence-electron chi connectivity index (χ3n) is 3.08. The highest BCUT2D eigenvalue weighted by Crippen LogP contribution is 2.36. The van der Waals surface area contributed by atoms with Crippen LogP contribution >= 0.6 is 0 Å². The van der Waals surface area contributed by atoms with Gasteiger partial charge in [-0.25, -0.2) is 0 Å². The maximum absolute atomic E-state index is 9.60. The fraction of sp³-hybridized carbons (Fsp3) is 0.778. The van der Waals surface area contributed by atoms with Crippen molar-refractivity contribution in [2.45, 2.75) is 37.5 Å². The number of likely N-dealkylation sites (N-methyl/N-ethyl adjacent to an activating group) is 1. The van der Waals surface area contributed by atoms with Gasteiger partial charge in [-0.3, -0.25) is 4.90 Å². The fourth-order valence-corrected chi connectivity index (χ4v) is 2.36. The monoisotopic (exact) mass is 153 g/mol. The van der Waals surface area contributed by atoms with Crippen LogP contribution in [-0.4, -0.2) is 35.2 Å². The topological polar surface area (TPSA) is 23.5 Å². The highest BCUT2D eigenvalue weighted by Gasteiger charge is 2.41. The van der Waals surface area contributed by atoms with Crippen LogP contribution in [0.5, 0.6) is 0 Å². The van der Waals surface area contributed by atoms with Gasteiger partial charge in [0.25, 0.3) is 0 Å². The first kappa shape index (κ1) is 7.32. The third-order valence-corrected chi connectivity index (χ3v) is 3.08. The van der Waals surface area contributed by atoms with Crippen molar-refractivity contribution in [3.63, 3.8) is 0 Å². The van der Waals surface area contributed by atoms with Crippen molar-refractivity contribution in [3.8, 4) is 0 Å². The Kier molecular flexibility index (Phi) is 1.55. The van der Waals surface area contributed by atoms with Gasteiger partial charge in [0.2, 0.25) is 0 Å². The summed E-state index contributed by atoms with van der Waals surface area (Å²) in [6.45, 7) is 3.99. The van der Waals surface area contributed by atoms with Crippen LogP contribution in [0.15, 0.2) is 12.2 Å². The Morgan fingerprint density at radius 1 is 1.55 bits per heavy atom. The van der Waals surface area contributed by atoms with E-state index >= 15 is 0 Å². The summed E-state index contributed by atoms with van der Waals surface area (Å²) in [5.74, 6) is 0. The van der Waals surface area contributed by atoms with Gasteiger partial charge in [0.05, 0.1) is 6.10 Å². The van der Waals surface area contributed by atoms with Gasteiger partial charge in [0, 0.05) is 12.1 Å². The molecule has 2 nitrogen and oxygen atoms in total. The molecule has 1 N–H and O–H groups in total. The van der Waals surface area contributed by atoms with Crippen LogP contribution in [0.3, 0.4) is 0 Å². The summed E-state index contributed by atoms with van der Waals surface area (Å²) in [6.07, 6.45) is 2.92. The molecule has 11 heavy (non-hydrogen) atoms. The van der Waals surface area contributed by atoms with E-state index in [-0.39, 0.29) is 6.10 Å². The fourth-order valence-electron chi connectivity index (χ4n) is 2.36. The summed E-state index contributed by atoms with van der Waals surface area (Å²) in [5, 5.41) is 9.60. The van der Waals surface area contributed by atoms with Crippen LogP contribution in [0.2, 0.25) is 0 Å². The van der Waals surface area contributed by atoms with Crippen molar-refractivity contribution in [2.75, 3.05) is 7.05 Å². The number of rotatable bonds is 0. The summed E-state index contributed by atoms with van der Waals surface area (Å²) >= 11 is 0. The van der Waals surface area contributed by atoms with Crippen molar-refractivity contribution in [1.82, 2.24) is 4.90 Å². The van der Waals surface area contributed by atoms with Gasteiger partial charge in [0.1, 0.15) is 0 Å². The standard InChI is InChI=1S/C9H15NO/c1-6-3-7-5-9(11)8(4-6)10(7)2/h7-9,11H,1,3-5H2,2H3. The minimum atomic E-state index is -0.107. The molecule has 2 bridgehead atoms. The number of piperidine rings is 1. The maximum Gasteiger partial charge on any atom is 0.0713 e. The number of hydrogen-bond acceptors (Lipinski definition) is 2. The van der Waals surface area contributed by atoms with Crippen LogP contribution < -0.4 is 0 Å². The van der Waals surface area contributed by atoms with Gasteiger partial charge in [-0.2, -0.15) is 0 Å². The van der Waals surface area contributed by atoms with Crippen molar-refractivity contribution >= 4 is 0 Å². The highest BCUT2D eigenvalue weighted by molar-refractivity contribution is 5.12. The van der Waals surface area contributed by atoms with E-state index in [1.807, 2.05) is 0 Å². The Morgan fingerprint density at radius 3 is 2.91 bits per heavy atom. The van der Waals surface area contributed by atoms with E-state index in [2.05, 4.69) is 18.5 Å². The first-order chi connectivity index (χ1) is 5.18. The molecular formula is C9H15NO. The molecule has 2 saturated heterocycles. The number of hydrogen-bond donors (Lipinski definition) is 1. The Balaban J connectivity index is 2.20. The normalized spacial score (nSPS) is 44.9.